The van der Waals surface area contributed by atoms with Crippen LogP contribution in [0.5, 0.6) is 0 Å². The molecule has 2 aromatic rings. The fourth-order valence-corrected chi connectivity index (χ4v) is 2.89. The Morgan fingerprint density at radius 2 is 1.48 bits per heavy atom. The molecule has 2 N–H and O–H groups in total. The van der Waals surface area contributed by atoms with Crippen molar-refractivity contribution in [3.63, 3.8) is 0 Å². The van der Waals surface area contributed by atoms with Crippen LogP contribution >= 0.6 is 0 Å². The lowest BCUT2D eigenvalue weighted by Gasteiger charge is -2.36. The average molecular weight is 338 g/mol. The third-order valence-corrected chi connectivity index (χ3v) is 4.12. The van der Waals surface area contributed by atoms with Gasteiger partial charge in [0.15, 0.2) is 0 Å². The number of benzene rings is 2. The van der Waals surface area contributed by atoms with E-state index in [9.17, 15) is 9.59 Å². The average Bonchev–Trinajstić information content (AvgIpc) is 2.62. The number of carbonyl (C=O) groups excluding carboxylic acids is 2. The highest BCUT2D eigenvalue weighted by Gasteiger charge is 2.21. The summed E-state index contributed by atoms with van der Waals surface area (Å²) in [6.45, 7) is 4.42. The minimum atomic E-state index is -0.138. The van der Waals surface area contributed by atoms with Crippen molar-refractivity contribution in [2.45, 2.75) is 6.92 Å². The van der Waals surface area contributed by atoms with Crippen molar-refractivity contribution in [1.29, 1.82) is 0 Å². The van der Waals surface area contributed by atoms with E-state index in [0.29, 0.717) is 24.5 Å². The fraction of sp³-hybridized carbons (Fsp3) is 0.263. The van der Waals surface area contributed by atoms with Crippen molar-refractivity contribution in [2.75, 3.05) is 41.7 Å². The number of hydrogen-bond acceptors (Lipinski definition) is 3. The van der Waals surface area contributed by atoms with Crippen LogP contribution in [0.3, 0.4) is 0 Å². The highest BCUT2D eigenvalue weighted by atomic mass is 16.2. The molecule has 0 spiro atoms. The van der Waals surface area contributed by atoms with E-state index in [4.69, 9.17) is 0 Å². The monoisotopic (exact) mass is 338 g/mol. The number of amides is 3. The Labute approximate surface area is 147 Å². The van der Waals surface area contributed by atoms with Gasteiger partial charge in [-0.3, -0.25) is 4.79 Å². The number of para-hydroxylation sites is 1. The molecule has 6 heteroatoms. The number of carbonyl (C=O) groups is 2. The lowest BCUT2D eigenvalue weighted by Crippen LogP contribution is -2.50. The number of nitrogens with one attached hydrogen (secondary N) is 2. The Morgan fingerprint density at radius 1 is 0.840 bits per heavy atom. The van der Waals surface area contributed by atoms with Crippen LogP contribution < -0.4 is 15.5 Å². The Morgan fingerprint density at radius 3 is 2.12 bits per heavy atom. The molecule has 130 valence electrons. The number of urea groups is 1. The Balaban J connectivity index is 1.55. The largest absolute Gasteiger partial charge is 0.368 e. The van der Waals surface area contributed by atoms with E-state index in [-0.39, 0.29) is 11.9 Å². The molecule has 0 unspecified atom stereocenters. The van der Waals surface area contributed by atoms with Crippen LogP contribution in [0.15, 0.2) is 54.6 Å². The zero-order valence-corrected chi connectivity index (χ0v) is 14.2. The molecule has 1 aliphatic heterocycles. The maximum Gasteiger partial charge on any atom is 0.321 e. The Bertz CT molecular complexity index is 740. The summed E-state index contributed by atoms with van der Waals surface area (Å²) >= 11 is 0. The summed E-state index contributed by atoms with van der Waals surface area (Å²) < 4.78 is 0. The van der Waals surface area contributed by atoms with Crippen LogP contribution in [-0.2, 0) is 4.79 Å². The molecule has 0 radical (unpaired) electrons. The molecule has 0 saturated carbocycles. The van der Waals surface area contributed by atoms with E-state index in [1.807, 2.05) is 29.2 Å². The predicted molar refractivity (Wildman–Crippen MR) is 100.0 cm³/mol. The molecule has 6 nitrogen and oxygen atoms in total. The first-order valence-electron chi connectivity index (χ1n) is 8.35. The van der Waals surface area contributed by atoms with E-state index in [1.165, 1.54) is 12.6 Å². The summed E-state index contributed by atoms with van der Waals surface area (Å²) in [5, 5.41) is 5.61. The van der Waals surface area contributed by atoms with Crippen LogP contribution in [0.2, 0.25) is 0 Å². The van der Waals surface area contributed by atoms with Crippen LogP contribution in [0.1, 0.15) is 6.92 Å². The maximum atomic E-state index is 12.5. The maximum absolute atomic E-state index is 12.5. The van der Waals surface area contributed by atoms with Crippen molar-refractivity contribution in [3.05, 3.63) is 54.6 Å². The minimum absolute atomic E-state index is 0.118. The van der Waals surface area contributed by atoms with Gasteiger partial charge in [0.2, 0.25) is 5.91 Å². The van der Waals surface area contributed by atoms with Crippen LogP contribution in [0.4, 0.5) is 21.9 Å². The predicted octanol–water partition coefficient (Wildman–Crippen LogP) is 3.00. The summed E-state index contributed by atoms with van der Waals surface area (Å²) in [4.78, 5) is 27.7. The van der Waals surface area contributed by atoms with E-state index in [1.54, 1.807) is 18.2 Å². The van der Waals surface area contributed by atoms with Gasteiger partial charge in [-0.1, -0.05) is 24.3 Å². The van der Waals surface area contributed by atoms with Crippen molar-refractivity contribution < 1.29 is 9.59 Å². The molecule has 3 rings (SSSR count). The number of rotatable bonds is 3. The molecule has 0 aliphatic carbocycles. The zero-order chi connectivity index (χ0) is 17.6. The second-order valence-electron chi connectivity index (χ2n) is 6.00. The lowest BCUT2D eigenvalue weighted by molar-refractivity contribution is -0.114. The van der Waals surface area contributed by atoms with Gasteiger partial charge in [-0.15, -0.1) is 0 Å². The molecule has 1 fully saturated rings. The molecule has 0 atom stereocenters. The van der Waals surface area contributed by atoms with Gasteiger partial charge in [-0.05, 0) is 30.3 Å². The molecule has 0 bridgehead atoms. The summed E-state index contributed by atoms with van der Waals surface area (Å²) in [5.41, 5.74) is 2.52. The highest BCUT2D eigenvalue weighted by molar-refractivity contribution is 5.92. The fourth-order valence-electron chi connectivity index (χ4n) is 2.89. The zero-order valence-electron chi connectivity index (χ0n) is 14.2. The Hall–Kier alpha value is -3.02. The quantitative estimate of drug-likeness (QED) is 0.904. The van der Waals surface area contributed by atoms with Gasteiger partial charge in [0.05, 0.1) is 0 Å². The number of piperazine rings is 1. The van der Waals surface area contributed by atoms with Gasteiger partial charge >= 0.3 is 6.03 Å². The molecule has 0 aromatic heterocycles. The molecular weight excluding hydrogens is 316 g/mol. The number of hydrogen-bond donors (Lipinski definition) is 2. The van der Waals surface area contributed by atoms with Crippen molar-refractivity contribution >= 4 is 29.0 Å². The molecule has 25 heavy (non-hydrogen) atoms. The van der Waals surface area contributed by atoms with Gasteiger partial charge in [-0.25, -0.2) is 4.79 Å². The van der Waals surface area contributed by atoms with Gasteiger partial charge in [0.25, 0.3) is 0 Å². The molecule has 1 heterocycles. The Kier molecular flexibility index (Phi) is 5.18. The third kappa shape index (κ3) is 4.50. The summed E-state index contributed by atoms with van der Waals surface area (Å²) in [5.74, 6) is -0.138. The SMILES string of the molecule is CC(=O)Nc1cccc(NC(=O)N2CCN(c3ccccc3)CC2)c1. The van der Waals surface area contributed by atoms with E-state index in [0.717, 1.165) is 13.1 Å². The summed E-state index contributed by atoms with van der Waals surface area (Å²) in [6, 6.07) is 17.3. The van der Waals surface area contributed by atoms with E-state index >= 15 is 0 Å². The molecular formula is C19H22N4O2. The van der Waals surface area contributed by atoms with Gasteiger partial charge in [-0.2, -0.15) is 0 Å². The van der Waals surface area contributed by atoms with Crippen LogP contribution in [0.25, 0.3) is 0 Å². The first-order valence-corrected chi connectivity index (χ1v) is 8.35. The molecule has 1 saturated heterocycles. The van der Waals surface area contributed by atoms with Gasteiger partial charge < -0.3 is 20.4 Å². The molecule has 1 aliphatic rings. The second-order valence-corrected chi connectivity index (χ2v) is 6.00. The van der Waals surface area contributed by atoms with Crippen LogP contribution in [0, 0.1) is 0 Å². The summed E-state index contributed by atoms with van der Waals surface area (Å²) in [6.07, 6.45) is 0. The lowest BCUT2D eigenvalue weighted by atomic mass is 10.2. The molecule has 3 amide bonds. The minimum Gasteiger partial charge on any atom is -0.368 e. The third-order valence-electron chi connectivity index (χ3n) is 4.12. The van der Waals surface area contributed by atoms with E-state index in [2.05, 4.69) is 27.7 Å². The molecule has 2 aromatic carbocycles. The first kappa shape index (κ1) is 16.8. The van der Waals surface area contributed by atoms with Crippen molar-refractivity contribution in [3.8, 4) is 0 Å². The highest BCUT2D eigenvalue weighted by Crippen LogP contribution is 2.18. The van der Waals surface area contributed by atoms with Crippen molar-refractivity contribution in [1.82, 2.24) is 4.90 Å². The normalized spacial score (nSPS) is 14.1. The summed E-state index contributed by atoms with van der Waals surface area (Å²) in [7, 11) is 0. The second kappa shape index (κ2) is 7.70. The number of anilines is 3. The topological polar surface area (TPSA) is 64.7 Å². The van der Waals surface area contributed by atoms with Crippen molar-refractivity contribution in [2.24, 2.45) is 0 Å². The van der Waals surface area contributed by atoms with E-state index < -0.39 is 0 Å². The smallest absolute Gasteiger partial charge is 0.321 e. The van der Waals surface area contributed by atoms with Gasteiger partial charge in [0.1, 0.15) is 0 Å². The number of nitrogens with zero attached hydrogens (tertiary/aromatic N) is 2. The van der Waals surface area contributed by atoms with Crippen LogP contribution in [-0.4, -0.2) is 43.0 Å². The standard InChI is InChI=1S/C19H22N4O2/c1-15(24)20-16-6-5-7-17(14-16)21-19(25)23-12-10-22(11-13-23)18-8-3-2-4-9-18/h2-9,14H,10-13H2,1H3,(H,20,24)(H,21,25). The first-order chi connectivity index (χ1) is 12.1. The van der Waals surface area contributed by atoms with Gasteiger partial charge in [0, 0.05) is 50.2 Å².